The number of carbonyl (C=O) groups excluding carboxylic acids is 2. The summed E-state index contributed by atoms with van der Waals surface area (Å²) in [5, 5.41) is 11.6. The average Bonchev–Trinajstić information content (AvgIpc) is 3.41. The number of rotatable bonds is 12. The number of unbranched alkanes of at least 4 members (excludes halogenated alkanes) is 2. The first-order valence-electron chi connectivity index (χ1n) is 13.4. The van der Waals surface area contributed by atoms with Crippen molar-refractivity contribution in [1.29, 1.82) is 0 Å². The van der Waals surface area contributed by atoms with E-state index in [1.807, 2.05) is 42.6 Å². The SMILES string of the molecule is CCCCCOc1ccc(C2/C(=C(\O)c3nc4c(C)cccn4c3C)C(=O)C(=O)N2CCCOC)cc1OC. The second-order valence-electron chi connectivity index (χ2n) is 9.74. The van der Waals surface area contributed by atoms with E-state index >= 15 is 0 Å². The van der Waals surface area contributed by atoms with Crippen LogP contribution in [0.15, 0.2) is 42.1 Å². The molecule has 3 heterocycles. The summed E-state index contributed by atoms with van der Waals surface area (Å²) in [4.78, 5) is 32.8. The molecular formula is C30H37N3O6. The molecule has 0 radical (unpaired) electrons. The molecule has 9 nitrogen and oxygen atoms in total. The Kier molecular flexibility index (Phi) is 8.91. The summed E-state index contributed by atoms with van der Waals surface area (Å²) in [6.45, 7) is 7.15. The number of amides is 1. The Morgan fingerprint density at radius 1 is 1.05 bits per heavy atom. The van der Waals surface area contributed by atoms with E-state index in [0.29, 0.717) is 48.0 Å². The first-order valence-corrected chi connectivity index (χ1v) is 13.4. The molecule has 0 spiro atoms. The molecule has 1 N–H and O–H groups in total. The molecule has 9 heteroatoms. The molecule has 0 aliphatic carbocycles. The van der Waals surface area contributed by atoms with Crippen molar-refractivity contribution in [2.45, 2.75) is 52.5 Å². The van der Waals surface area contributed by atoms with Gasteiger partial charge in [0.25, 0.3) is 11.7 Å². The Morgan fingerprint density at radius 2 is 1.85 bits per heavy atom. The third-order valence-electron chi connectivity index (χ3n) is 7.10. The number of ketones is 1. The van der Waals surface area contributed by atoms with Gasteiger partial charge < -0.3 is 28.6 Å². The van der Waals surface area contributed by atoms with E-state index in [-0.39, 0.29) is 23.6 Å². The zero-order valence-corrected chi connectivity index (χ0v) is 23.3. The fourth-order valence-corrected chi connectivity index (χ4v) is 5.02. The third-order valence-corrected chi connectivity index (χ3v) is 7.10. The smallest absolute Gasteiger partial charge is 0.295 e. The minimum absolute atomic E-state index is 0.000225. The van der Waals surface area contributed by atoms with Crippen LogP contribution in [0.5, 0.6) is 11.5 Å². The molecule has 1 atom stereocenters. The van der Waals surface area contributed by atoms with Gasteiger partial charge in [0.1, 0.15) is 11.3 Å². The van der Waals surface area contributed by atoms with Crippen molar-refractivity contribution in [3.8, 4) is 11.5 Å². The van der Waals surface area contributed by atoms with Crippen LogP contribution < -0.4 is 9.47 Å². The fraction of sp³-hybridized carbons (Fsp3) is 0.433. The van der Waals surface area contributed by atoms with Gasteiger partial charge in [-0.3, -0.25) is 9.59 Å². The zero-order chi connectivity index (χ0) is 28.1. The molecule has 1 aromatic carbocycles. The van der Waals surface area contributed by atoms with Crippen LogP contribution in [0.25, 0.3) is 11.4 Å². The molecule has 3 aromatic rings. The van der Waals surface area contributed by atoms with E-state index in [2.05, 4.69) is 11.9 Å². The summed E-state index contributed by atoms with van der Waals surface area (Å²) in [6, 6.07) is 8.37. The van der Waals surface area contributed by atoms with Crippen LogP contribution in [-0.2, 0) is 14.3 Å². The number of methoxy groups -OCH3 is 2. The van der Waals surface area contributed by atoms with Gasteiger partial charge in [-0.05, 0) is 56.0 Å². The van der Waals surface area contributed by atoms with Crippen LogP contribution >= 0.6 is 0 Å². The van der Waals surface area contributed by atoms with Crippen molar-refractivity contribution in [3.05, 3.63) is 64.6 Å². The van der Waals surface area contributed by atoms with E-state index in [9.17, 15) is 14.7 Å². The Bertz CT molecular complexity index is 1390. The highest BCUT2D eigenvalue weighted by atomic mass is 16.5. The average molecular weight is 536 g/mol. The molecule has 0 saturated carbocycles. The predicted octanol–water partition coefficient (Wildman–Crippen LogP) is 4.99. The van der Waals surface area contributed by atoms with Crippen molar-refractivity contribution < 1.29 is 28.9 Å². The maximum Gasteiger partial charge on any atom is 0.295 e. The predicted molar refractivity (Wildman–Crippen MR) is 148 cm³/mol. The van der Waals surface area contributed by atoms with Gasteiger partial charge in [0.15, 0.2) is 17.3 Å². The van der Waals surface area contributed by atoms with E-state index in [0.717, 1.165) is 24.8 Å². The molecule has 1 amide bonds. The van der Waals surface area contributed by atoms with Gasteiger partial charge >= 0.3 is 0 Å². The number of fused-ring (bicyclic) bond motifs is 1. The second-order valence-corrected chi connectivity index (χ2v) is 9.74. The highest BCUT2D eigenvalue weighted by molar-refractivity contribution is 6.46. The van der Waals surface area contributed by atoms with E-state index in [1.54, 1.807) is 26.4 Å². The highest BCUT2D eigenvalue weighted by Gasteiger charge is 2.46. The first-order chi connectivity index (χ1) is 18.8. The Balaban J connectivity index is 1.82. The number of Topliss-reactive ketones (excluding diaryl/α,β-unsaturated/α-hetero) is 1. The second kappa shape index (κ2) is 12.3. The van der Waals surface area contributed by atoms with Crippen molar-refractivity contribution in [1.82, 2.24) is 14.3 Å². The van der Waals surface area contributed by atoms with Gasteiger partial charge in [0.2, 0.25) is 0 Å². The molecule has 1 aliphatic heterocycles. The van der Waals surface area contributed by atoms with Crippen LogP contribution in [0.3, 0.4) is 0 Å². The molecule has 1 aliphatic rings. The minimum Gasteiger partial charge on any atom is -0.505 e. The number of ether oxygens (including phenoxy) is 3. The van der Waals surface area contributed by atoms with Gasteiger partial charge in [-0.15, -0.1) is 0 Å². The maximum atomic E-state index is 13.4. The zero-order valence-electron chi connectivity index (χ0n) is 23.3. The molecule has 1 fully saturated rings. The number of aliphatic hydroxyl groups excluding tert-OH is 1. The summed E-state index contributed by atoms with van der Waals surface area (Å²) in [5.74, 6) is -0.644. The monoisotopic (exact) mass is 535 g/mol. The standard InChI is InChI=1S/C30H37N3O6/c1-6-7-8-17-39-22-13-12-21(18-23(22)38-5)26-24(28(35)30(36)33(26)15-10-16-37-4)27(34)25-20(3)32-14-9-11-19(2)29(32)31-25/h9,11-14,18,26,34H,6-8,10,15-17H2,1-5H3/b27-24+. The van der Waals surface area contributed by atoms with Crippen LogP contribution in [0.1, 0.15) is 61.2 Å². The summed E-state index contributed by atoms with van der Waals surface area (Å²) >= 11 is 0. The Morgan fingerprint density at radius 3 is 2.54 bits per heavy atom. The van der Waals surface area contributed by atoms with E-state index in [1.165, 1.54) is 4.90 Å². The van der Waals surface area contributed by atoms with Crippen molar-refractivity contribution in [2.75, 3.05) is 34.0 Å². The van der Waals surface area contributed by atoms with E-state index in [4.69, 9.17) is 14.2 Å². The normalized spacial score (nSPS) is 16.8. The first kappa shape index (κ1) is 28.2. The number of hydrogen-bond acceptors (Lipinski definition) is 7. The van der Waals surface area contributed by atoms with Gasteiger partial charge in [0, 0.05) is 26.5 Å². The topological polar surface area (TPSA) is 103 Å². The molecule has 39 heavy (non-hydrogen) atoms. The lowest BCUT2D eigenvalue weighted by Crippen LogP contribution is -2.31. The van der Waals surface area contributed by atoms with Crippen molar-refractivity contribution >= 4 is 23.1 Å². The number of carbonyl (C=O) groups is 2. The van der Waals surface area contributed by atoms with Gasteiger partial charge in [-0.25, -0.2) is 4.98 Å². The summed E-state index contributed by atoms with van der Waals surface area (Å²) in [5.41, 5.74) is 3.17. The number of aromatic nitrogens is 2. The van der Waals surface area contributed by atoms with Gasteiger partial charge in [0.05, 0.1) is 31.0 Å². The van der Waals surface area contributed by atoms with Crippen molar-refractivity contribution in [2.24, 2.45) is 0 Å². The van der Waals surface area contributed by atoms with Crippen LogP contribution in [0.2, 0.25) is 0 Å². The summed E-state index contributed by atoms with van der Waals surface area (Å²) < 4.78 is 18.6. The number of imidazole rings is 1. The highest BCUT2D eigenvalue weighted by Crippen LogP contribution is 2.42. The Labute approximate surface area is 229 Å². The summed E-state index contributed by atoms with van der Waals surface area (Å²) in [6.07, 6.45) is 5.47. The number of aliphatic hydroxyl groups is 1. The Hall–Kier alpha value is -3.85. The van der Waals surface area contributed by atoms with Crippen LogP contribution in [0.4, 0.5) is 0 Å². The summed E-state index contributed by atoms with van der Waals surface area (Å²) in [7, 11) is 3.14. The van der Waals surface area contributed by atoms with Gasteiger partial charge in [-0.2, -0.15) is 0 Å². The fourth-order valence-electron chi connectivity index (χ4n) is 5.02. The molecule has 4 rings (SSSR count). The number of pyridine rings is 1. The quantitative estimate of drug-likeness (QED) is 0.151. The molecule has 2 aromatic heterocycles. The molecule has 208 valence electrons. The number of hydrogen-bond donors (Lipinski definition) is 1. The number of likely N-dealkylation sites (tertiary alicyclic amines) is 1. The molecule has 1 saturated heterocycles. The van der Waals surface area contributed by atoms with Crippen molar-refractivity contribution in [3.63, 3.8) is 0 Å². The largest absolute Gasteiger partial charge is 0.505 e. The maximum absolute atomic E-state index is 13.4. The lowest BCUT2D eigenvalue weighted by atomic mass is 9.96. The lowest BCUT2D eigenvalue weighted by molar-refractivity contribution is -0.140. The molecule has 1 unspecified atom stereocenters. The van der Waals surface area contributed by atoms with Crippen LogP contribution in [-0.4, -0.2) is 65.1 Å². The van der Waals surface area contributed by atoms with E-state index < -0.39 is 17.7 Å². The molecular weight excluding hydrogens is 498 g/mol. The molecule has 0 bridgehead atoms. The lowest BCUT2D eigenvalue weighted by Gasteiger charge is -2.26. The number of benzene rings is 1. The minimum atomic E-state index is -0.824. The van der Waals surface area contributed by atoms with Gasteiger partial charge in [-0.1, -0.05) is 31.9 Å². The number of nitrogens with zero attached hydrogens (tertiary/aromatic N) is 3. The van der Waals surface area contributed by atoms with Crippen LogP contribution in [0, 0.1) is 13.8 Å². The third kappa shape index (κ3) is 5.49. The number of aryl methyl sites for hydroxylation is 2.